The van der Waals surface area contributed by atoms with Crippen LogP contribution in [-0.2, 0) is 33.4 Å². The molecule has 3 aromatic carbocycles. The number of hydrogen-bond acceptors (Lipinski definition) is 4. The number of carbonyl (C=O) groups excluding carboxylic acids is 1. The molecular formula is C32H36O5. The summed E-state index contributed by atoms with van der Waals surface area (Å²) in [6.45, 7) is 11.6. The highest BCUT2D eigenvalue weighted by Crippen LogP contribution is 2.46. The van der Waals surface area contributed by atoms with E-state index in [9.17, 15) is 14.7 Å². The Hall–Kier alpha value is -3.60. The van der Waals surface area contributed by atoms with E-state index in [1.54, 1.807) is 31.2 Å². The Kier molecular flexibility index (Phi) is 7.44. The van der Waals surface area contributed by atoms with Gasteiger partial charge in [-0.05, 0) is 76.6 Å². The Morgan fingerprint density at radius 2 is 1.59 bits per heavy atom. The molecule has 0 aromatic heterocycles. The molecule has 0 unspecified atom stereocenters. The molecule has 1 aliphatic rings. The van der Waals surface area contributed by atoms with Gasteiger partial charge in [0.05, 0.1) is 18.6 Å². The number of fused-ring (bicyclic) bond motifs is 1. The van der Waals surface area contributed by atoms with Crippen molar-refractivity contribution in [3.8, 4) is 16.9 Å². The third kappa shape index (κ3) is 5.71. The van der Waals surface area contributed by atoms with E-state index in [-0.39, 0.29) is 23.9 Å². The average Bonchev–Trinajstić information content (AvgIpc) is 2.85. The molecule has 0 saturated carbocycles. The van der Waals surface area contributed by atoms with Crippen LogP contribution in [0.15, 0.2) is 60.7 Å². The second-order valence-electron chi connectivity index (χ2n) is 11.1. The second-order valence-corrected chi connectivity index (χ2v) is 11.1. The number of rotatable bonds is 8. The SMILES string of the molecule is CCOC(=O)c1cccc(-c2c(CC(=O)O)cccc2OCc2ccc3c(c2)C(C)(C)CCC3(C)C)c1. The second kappa shape index (κ2) is 10.4. The van der Waals surface area contributed by atoms with Crippen molar-refractivity contribution in [2.45, 2.75) is 71.3 Å². The monoisotopic (exact) mass is 500 g/mol. The van der Waals surface area contributed by atoms with E-state index in [1.165, 1.54) is 11.1 Å². The Bertz CT molecular complexity index is 1320. The van der Waals surface area contributed by atoms with Gasteiger partial charge in [-0.25, -0.2) is 4.79 Å². The van der Waals surface area contributed by atoms with E-state index >= 15 is 0 Å². The van der Waals surface area contributed by atoms with Gasteiger partial charge in [-0.2, -0.15) is 0 Å². The highest BCUT2D eigenvalue weighted by Gasteiger charge is 2.36. The summed E-state index contributed by atoms with van der Waals surface area (Å²) in [6, 6.07) is 19.1. The van der Waals surface area contributed by atoms with Crippen LogP contribution in [0, 0.1) is 0 Å². The Labute approximate surface area is 219 Å². The Balaban J connectivity index is 1.70. The molecule has 0 atom stereocenters. The van der Waals surface area contributed by atoms with Gasteiger partial charge in [0, 0.05) is 5.56 Å². The smallest absolute Gasteiger partial charge is 0.338 e. The van der Waals surface area contributed by atoms with E-state index in [0.29, 0.717) is 34.6 Å². The summed E-state index contributed by atoms with van der Waals surface area (Å²) in [6.07, 6.45) is 2.14. The van der Waals surface area contributed by atoms with Crippen LogP contribution in [0.1, 0.15) is 80.1 Å². The maximum Gasteiger partial charge on any atom is 0.338 e. The molecule has 0 fully saturated rings. The molecule has 3 aromatic rings. The van der Waals surface area contributed by atoms with Gasteiger partial charge in [0.1, 0.15) is 12.4 Å². The minimum absolute atomic E-state index is 0.0982. The van der Waals surface area contributed by atoms with Crippen LogP contribution in [-0.4, -0.2) is 23.7 Å². The van der Waals surface area contributed by atoms with Gasteiger partial charge in [-0.1, -0.05) is 70.2 Å². The van der Waals surface area contributed by atoms with Crippen LogP contribution in [0.2, 0.25) is 0 Å². The average molecular weight is 501 g/mol. The molecule has 1 N–H and O–H groups in total. The van der Waals surface area contributed by atoms with Gasteiger partial charge in [-0.15, -0.1) is 0 Å². The zero-order chi connectivity index (χ0) is 26.8. The van der Waals surface area contributed by atoms with Crippen LogP contribution in [0.5, 0.6) is 5.75 Å². The summed E-state index contributed by atoms with van der Waals surface area (Å²) in [5.74, 6) is -0.765. The highest BCUT2D eigenvalue weighted by atomic mass is 16.5. The Morgan fingerprint density at radius 1 is 0.892 bits per heavy atom. The number of aliphatic carboxylic acids is 1. The molecule has 1 aliphatic carbocycles. The number of carbonyl (C=O) groups is 2. The molecule has 0 heterocycles. The number of hydrogen-bond donors (Lipinski definition) is 1. The van der Waals surface area contributed by atoms with Gasteiger partial charge < -0.3 is 14.6 Å². The fourth-order valence-electron chi connectivity index (χ4n) is 5.24. The Morgan fingerprint density at radius 3 is 2.30 bits per heavy atom. The lowest BCUT2D eigenvalue weighted by Gasteiger charge is -2.42. The maximum atomic E-state index is 12.4. The first-order chi connectivity index (χ1) is 17.5. The molecule has 0 saturated heterocycles. The fourth-order valence-corrected chi connectivity index (χ4v) is 5.24. The topological polar surface area (TPSA) is 72.8 Å². The quantitative estimate of drug-likeness (QED) is 0.334. The number of benzene rings is 3. The van der Waals surface area contributed by atoms with Gasteiger partial charge >= 0.3 is 11.9 Å². The molecule has 0 aliphatic heterocycles. The van der Waals surface area contributed by atoms with Crippen molar-refractivity contribution in [3.63, 3.8) is 0 Å². The standard InChI is InChI=1S/C32H36O5/c1-6-36-30(35)24-11-7-9-22(18-24)29-23(19-28(33)34)10-8-12-27(29)37-20-21-13-14-25-26(17-21)32(4,5)16-15-31(25,2)3/h7-14,17-18H,6,15-16,19-20H2,1-5H3,(H,33,34). The van der Waals surface area contributed by atoms with Crippen LogP contribution >= 0.6 is 0 Å². The lowest BCUT2D eigenvalue weighted by atomic mass is 9.63. The largest absolute Gasteiger partial charge is 0.488 e. The first kappa shape index (κ1) is 26.5. The molecule has 5 nitrogen and oxygen atoms in total. The molecule has 0 amide bonds. The zero-order valence-electron chi connectivity index (χ0n) is 22.4. The van der Waals surface area contributed by atoms with E-state index in [0.717, 1.165) is 18.4 Å². The molecule has 5 heteroatoms. The van der Waals surface area contributed by atoms with Crippen molar-refractivity contribution >= 4 is 11.9 Å². The van der Waals surface area contributed by atoms with Gasteiger partial charge in [0.15, 0.2) is 0 Å². The van der Waals surface area contributed by atoms with Crippen molar-refractivity contribution in [1.82, 2.24) is 0 Å². The third-order valence-electron chi connectivity index (χ3n) is 7.43. The minimum Gasteiger partial charge on any atom is -0.488 e. The molecule has 37 heavy (non-hydrogen) atoms. The van der Waals surface area contributed by atoms with Gasteiger partial charge in [0.2, 0.25) is 0 Å². The number of esters is 1. The summed E-state index contributed by atoms with van der Waals surface area (Å²) in [5.41, 5.74) is 6.50. The van der Waals surface area contributed by atoms with Crippen molar-refractivity contribution < 1.29 is 24.2 Å². The van der Waals surface area contributed by atoms with Crippen LogP contribution < -0.4 is 4.74 Å². The third-order valence-corrected chi connectivity index (χ3v) is 7.43. The normalized spacial score (nSPS) is 15.5. The molecule has 0 radical (unpaired) electrons. The molecule has 0 spiro atoms. The maximum absolute atomic E-state index is 12.4. The first-order valence-corrected chi connectivity index (χ1v) is 12.9. The predicted molar refractivity (Wildman–Crippen MR) is 145 cm³/mol. The number of ether oxygens (including phenoxy) is 2. The zero-order valence-corrected chi connectivity index (χ0v) is 22.4. The van der Waals surface area contributed by atoms with Crippen molar-refractivity contribution in [2.24, 2.45) is 0 Å². The summed E-state index contributed by atoms with van der Waals surface area (Å²) in [7, 11) is 0. The van der Waals surface area contributed by atoms with E-state index < -0.39 is 11.9 Å². The summed E-state index contributed by atoms with van der Waals surface area (Å²) < 4.78 is 11.5. The van der Waals surface area contributed by atoms with E-state index in [1.807, 2.05) is 18.2 Å². The summed E-state index contributed by atoms with van der Waals surface area (Å²) in [5, 5.41) is 9.54. The van der Waals surface area contributed by atoms with Crippen molar-refractivity contribution in [2.75, 3.05) is 6.61 Å². The number of carboxylic acid groups (broad SMARTS) is 1. The lowest BCUT2D eigenvalue weighted by Crippen LogP contribution is -2.33. The van der Waals surface area contributed by atoms with Gasteiger partial charge in [0.25, 0.3) is 0 Å². The van der Waals surface area contributed by atoms with Crippen LogP contribution in [0.25, 0.3) is 11.1 Å². The van der Waals surface area contributed by atoms with E-state index in [4.69, 9.17) is 9.47 Å². The fraction of sp³-hybridized carbons (Fsp3) is 0.375. The number of carboxylic acids is 1. The van der Waals surface area contributed by atoms with Crippen molar-refractivity contribution in [1.29, 1.82) is 0 Å². The minimum atomic E-state index is -0.931. The van der Waals surface area contributed by atoms with Crippen LogP contribution in [0.3, 0.4) is 0 Å². The van der Waals surface area contributed by atoms with E-state index in [2.05, 4.69) is 45.9 Å². The predicted octanol–water partition coefficient (Wildman–Crippen LogP) is 7.09. The summed E-state index contributed by atoms with van der Waals surface area (Å²) in [4.78, 5) is 24.0. The molecule has 0 bridgehead atoms. The molecule has 194 valence electrons. The van der Waals surface area contributed by atoms with Crippen molar-refractivity contribution in [3.05, 3.63) is 88.5 Å². The first-order valence-electron chi connectivity index (χ1n) is 12.9. The lowest BCUT2D eigenvalue weighted by molar-refractivity contribution is -0.136. The van der Waals surface area contributed by atoms with Crippen LogP contribution in [0.4, 0.5) is 0 Å². The molecular weight excluding hydrogens is 464 g/mol. The molecule has 4 rings (SSSR count). The summed E-state index contributed by atoms with van der Waals surface area (Å²) >= 11 is 0. The van der Waals surface area contributed by atoms with Gasteiger partial charge in [-0.3, -0.25) is 4.79 Å². The highest BCUT2D eigenvalue weighted by molar-refractivity contribution is 5.92.